The van der Waals surface area contributed by atoms with E-state index in [9.17, 15) is 5.11 Å². The van der Waals surface area contributed by atoms with Gasteiger partial charge in [0.15, 0.2) is 0 Å². The molecule has 3 atom stereocenters. The molecule has 1 saturated heterocycles. The van der Waals surface area contributed by atoms with E-state index >= 15 is 0 Å². The molecule has 1 aromatic carbocycles. The second-order valence-electron chi connectivity index (χ2n) is 5.28. The Morgan fingerprint density at radius 3 is 2.72 bits per heavy atom. The molecule has 1 aliphatic rings. The molecule has 1 aliphatic heterocycles. The van der Waals surface area contributed by atoms with E-state index in [1.807, 2.05) is 12.1 Å². The highest BCUT2D eigenvalue weighted by atomic mass is 35.5. The first-order valence-corrected chi connectivity index (χ1v) is 7.18. The van der Waals surface area contributed by atoms with Gasteiger partial charge in [0.2, 0.25) is 0 Å². The van der Waals surface area contributed by atoms with Crippen molar-refractivity contribution in [3.8, 4) is 0 Å². The standard InChI is InChI=1S/C15H22ClNO/c1-4-13-7-5-10(2)17(13)15-8-6-12(11(3)18)9-14(15)16/h6,8-11,13,18H,4-5,7H2,1-3H3/t10?,11-,13?/m0/s1. The second kappa shape index (κ2) is 5.50. The second-order valence-corrected chi connectivity index (χ2v) is 5.69. The molecular formula is C15H22ClNO. The van der Waals surface area contributed by atoms with Crippen molar-refractivity contribution in [1.82, 2.24) is 0 Å². The highest BCUT2D eigenvalue weighted by Gasteiger charge is 2.30. The van der Waals surface area contributed by atoms with E-state index in [0.717, 1.165) is 22.7 Å². The molecule has 1 aromatic rings. The fourth-order valence-electron chi connectivity index (χ4n) is 2.90. The maximum atomic E-state index is 9.58. The number of hydrogen-bond donors (Lipinski definition) is 1. The highest BCUT2D eigenvalue weighted by Crippen LogP contribution is 2.37. The van der Waals surface area contributed by atoms with Crippen LogP contribution in [0.4, 0.5) is 5.69 Å². The summed E-state index contributed by atoms with van der Waals surface area (Å²) >= 11 is 6.39. The number of hydrogen-bond acceptors (Lipinski definition) is 2. The number of aliphatic hydroxyl groups is 1. The van der Waals surface area contributed by atoms with Crippen molar-refractivity contribution in [1.29, 1.82) is 0 Å². The lowest BCUT2D eigenvalue weighted by Gasteiger charge is -2.31. The smallest absolute Gasteiger partial charge is 0.0762 e. The molecule has 2 unspecified atom stereocenters. The zero-order chi connectivity index (χ0) is 13.3. The predicted octanol–water partition coefficient (Wildman–Crippen LogP) is 4.16. The Morgan fingerprint density at radius 2 is 2.17 bits per heavy atom. The minimum absolute atomic E-state index is 0.463. The van der Waals surface area contributed by atoms with E-state index < -0.39 is 6.10 Å². The van der Waals surface area contributed by atoms with Gasteiger partial charge in [-0.05, 0) is 50.8 Å². The highest BCUT2D eigenvalue weighted by molar-refractivity contribution is 6.33. The van der Waals surface area contributed by atoms with Crippen LogP contribution in [0.5, 0.6) is 0 Å². The molecule has 2 rings (SSSR count). The molecular weight excluding hydrogens is 246 g/mol. The first kappa shape index (κ1) is 13.7. The Kier molecular flexibility index (Phi) is 4.18. The van der Waals surface area contributed by atoms with Crippen molar-refractivity contribution >= 4 is 17.3 Å². The van der Waals surface area contributed by atoms with Crippen LogP contribution in [0.25, 0.3) is 0 Å². The Hall–Kier alpha value is -0.730. The molecule has 0 aromatic heterocycles. The number of halogens is 1. The third-order valence-corrected chi connectivity index (χ3v) is 4.29. The van der Waals surface area contributed by atoms with Crippen molar-refractivity contribution in [2.45, 2.75) is 58.2 Å². The maximum absolute atomic E-state index is 9.58. The number of aliphatic hydroxyl groups excluding tert-OH is 1. The Bertz CT molecular complexity index is 419. The van der Waals surface area contributed by atoms with Gasteiger partial charge < -0.3 is 10.0 Å². The van der Waals surface area contributed by atoms with Gasteiger partial charge in [0.25, 0.3) is 0 Å². The summed E-state index contributed by atoms with van der Waals surface area (Å²) < 4.78 is 0. The monoisotopic (exact) mass is 267 g/mol. The fraction of sp³-hybridized carbons (Fsp3) is 0.600. The molecule has 1 N–H and O–H groups in total. The maximum Gasteiger partial charge on any atom is 0.0762 e. The summed E-state index contributed by atoms with van der Waals surface area (Å²) in [6.45, 7) is 6.25. The molecule has 0 aliphatic carbocycles. The molecule has 100 valence electrons. The molecule has 1 fully saturated rings. The van der Waals surface area contributed by atoms with E-state index in [2.05, 4.69) is 24.8 Å². The number of nitrogens with zero attached hydrogens (tertiary/aromatic N) is 1. The lowest BCUT2D eigenvalue weighted by molar-refractivity contribution is 0.199. The van der Waals surface area contributed by atoms with Crippen LogP contribution in [-0.4, -0.2) is 17.2 Å². The summed E-state index contributed by atoms with van der Waals surface area (Å²) in [7, 11) is 0. The minimum Gasteiger partial charge on any atom is -0.389 e. The van der Waals surface area contributed by atoms with Gasteiger partial charge in [0.1, 0.15) is 0 Å². The third-order valence-electron chi connectivity index (χ3n) is 3.99. The quantitative estimate of drug-likeness (QED) is 0.889. The normalized spacial score (nSPS) is 25.5. The van der Waals surface area contributed by atoms with Crippen molar-refractivity contribution < 1.29 is 5.11 Å². The molecule has 18 heavy (non-hydrogen) atoms. The average Bonchev–Trinajstić information content (AvgIpc) is 2.70. The zero-order valence-corrected chi connectivity index (χ0v) is 12.1. The fourth-order valence-corrected chi connectivity index (χ4v) is 3.19. The van der Waals surface area contributed by atoms with Crippen LogP contribution in [0, 0.1) is 0 Å². The van der Waals surface area contributed by atoms with Gasteiger partial charge in [-0.3, -0.25) is 0 Å². The summed E-state index contributed by atoms with van der Waals surface area (Å²) in [5, 5.41) is 10.3. The first-order valence-electron chi connectivity index (χ1n) is 6.80. The number of rotatable bonds is 3. The Morgan fingerprint density at radius 1 is 1.44 bits per heavy atom. The molecule has 0 spiro atoms. The molecule has 0 radical (unpaired) electrons. The van der Waals surface area contributed by atoms with E-state index in [1.54, 1.807) is 6.92 Å². The topological polar surface area (TPSA) is 23.5 Å². The van der Waals surface area contributed by atoms with Gasteiger partial charge in [-0.25, -0.2) is 0 Å². The van der Waals surface area contributed by atoms with Gasteiger partial charge in [0.05, 0.1) is 16.8 Å². The molecule has 3 heteroatoms. The third kappa shape index (κ3) is 2.50. The first-order chi connectivity index (χ1) is 8.54. The lowest BCUT2D eigenvalue weighted by Crippen LogP contribution is -2.34. The largest absolute Gasteiger partial charge is 0.389 e. The SMILES string of the molecule is CCC1CCC(C)N1c1ccc([C@H](C)O)cc1Cl. The van der Waals surface area contributed by atoms with Gasteiger partial charge >= 0.3 is 0 Å². The summed E-state index contributed by atoms with van der Waals surface area (Å²) in [5.41, 5.74) is 1.99. The molecule has 0 bridgehead atoms. The van der Waals surface area contributed by atoms with Crippen LogP contribution in [-0.2, 0) is 0 Å². The summed E-state index contributed by atoms with van der Waals surface area (Å²) in [6, 6.07) is 7.05. The van der Waals surface area contributed by atoms with E-state index in [1.165, 1.54) is 12.8 Å². The van der Waals surface area contributed by atoms with Crippen LogP contribution in [0.2, 0.25) is 5.02 Å². The van der Waals surface area contributed by atoms with Gasteiger partial charge in [-0.2, -0.15) is 0 Å². The predicted molar refractivity (Wildman–Crippen MR) is 77.3 cm³/mol. The van der Waals surface area contributed by atoms with Crippen molar-refractivity contribution in [3.05, 3.63) is 28.8 Å². The van der Waals surface area contributed by atoms with E-state index in [0.29, 0.717) is 12.1 Å². The number of benzene rings is 1. The van der Waals surface area contributed by atoms with Crippen molar-refractivity contribution in [3.63, 3.8) is 0 Å². The summed E-state index contributed by atoms with van der Waals surface area (Å²) in [6.07, 6.45) is 3.16. The van der Waals surface area contributed by atoms with Crippen molar-refractivity contribution in [2.75, 3.05) is 4.90 Å². The molecule has 1 heterocycles. The lowest BCUT2D eigenvalue weighted by atomic mass is 10.1. The van der Waals surface area contributed by atoms with Crippen LogP contribution >= 0.6 is 11.6 Å². The Balaban J connectivity index is 2.33. The van der Waals surface area contributed by atoms with Crippen LogP contribution < -0.4 is 4.90 Å². The van der Waals surface area contributed by atoms with E-state index in [4.69, 9.17) is 11.6 Å². The van der Waals surface area contributed by atoms with Crippen LogP contribution in [0.1, 0.15) is 51.7 Å². The summed E-state index contributed by atoms with van der Waals surface area (Å²) in [5.74, 6) is 0. The summed E-state index contributed by atoms with van der Waals surface area (Å²) in [4.78, 5) is 2.44. The van der Waals surface area contributed by atoms with Crippen LogP contribution in [0.15, 0.2) is 18.2 Å². The molecule has 0 amide bonds. The van der Waals surface area contributed by atoms with Crippen LogP contribution in [0.3, 0.4) is 0 Å². The zero-order valence-electron chi connectivity index (χ0n) is 11.4. The van der Waals surface area contributed by atoms with Gasteiger partial charge in [-0.1, -0.05) is 24.6 Å². The minimum atomic E-state index is -0.463. The molecule has 2 nitrogen and oxygen atoms in total. The Labute approximate surface area is 115 Å². The molecule has 0 saturated carbocycles. The van der Waals surface area contributed by atoms with E-state index in [-0.39, 0.29) is 0 Å². The van der Waals surface area contributed by atoms with Gasteiger partial charge in [-0.15, -0.1) is 0 Å². The van der Waals surface area contributed by atoms with Crippen molar-refractivity contribution in [2.24, 2.45) is 0 Å². The van der Waals surface area contributed by atoms with Gasteiger partial charge in [0, 0.05) is 12.1 Å². The average molecular weight is 268 g/mol. The number of anilines is 1.